The summed E-state index contributed by atoms with van der Waals surface area (Å²) in [5.41, 5.74) is 3.53. The second-order valence-corrected chi connectivity index (χ2v) is 10.9. The first-order chi connectivity index (χ1) is 15.6. The van der Waals surface area contributed by atoms with Gasteiger partial charge in [0.1, 0.15) is 5.82 Å². The van der Waals surface area contributed by atoms with Crippen LogP contribution in [0.25, 0.3) is 11.0 Å². The van der Waals surface area contributed by atoms with Crippen molar-refractivity contribution in [2.45, 2.75) is 63.8 Å². The summed E-state index contributed by atoms with van der Waals surface area (Å²) < 4.78 is 28.4. The van der Waals surface area contributed by atoms with Gasteiger partial charge in [-0.15, -0.1) is 0 Å². The molecule has 7 nitrogen and oxygen atoms in total. The Balaban J connectivity index is 1.79. The van der Waals surface area contributed by atoms with Gasteiger partial charge >= 0.3 is 0 Å². The number of nitrogens with one attached hydrogen (secondary N) is 1. The van der Waals surface area contributed by atoms with Crippen molar-refractivity contribution < 1.29 is 13.2 Å². The molecule has 178 valence electrons. The van der Waals surface area contributed by atoms with E-state index in [0.717, 1.165) is 36.4 Å². The number of anilines is 1. The number of hydrogen-bond acceptors (Lipinski definition) is 4. The van der Waals surface area contributed by atoms with Crippen LogP contribution in [0.3, 0.4) is 0 Å². The second-order valence-electron chi connectivity index (χ2n) is 8.80. The van der Waals surface area contributed by atoms with Gasteiger partial charge in [-0.05, 0) is 48.2 Å². The molecule has 0 unspecified atom stereocenters. The van der Waals surface area contributed by atoms with E-state index in [0.29, 0.717) is 24.3 Å². The van der Waals surface area contributed by atoms with E-state index in [9.17, 15) is 13.2 Å². The molecular formula is C25H34N4O3S. The third-order valence-electron chi connectivity index (χ3n) is 5.75. The number of imidazole rings is 1. The maximum Gasteiger partial charge on any atom is 0.242 e. The molecule has 1 amide bonds. The minimum absolute atomic E-state index is 0.0720. The van der Waals surface area contributed by atoms with Gasteiger partial charge in [-0.1, -0.05) is 39.3 Å². The lowest BCUT2D eigenvalue weighted by Crippen LogP contribution is -2.22. The highest BCUT2D eigenvalue weighted by atomic mass is 32.2. The van der Waals surface area contributed by atoms with Crippen molar-refractivity contribution in [2.24, 2.45) is 0 Å². The summed E-state index contributed by atoms with van der Waals surface area (Å²) in [7, 11) is -0.510. The Morgan fingerprint density at radius 1 is 1.12 bits per heavy atom. The molecule has 3 rings (SSSR count). The van der Waals surface area contributed by atoms with Crippen molar-refractivity contribution in [3.05, 3.63) is 53.9 Å². The Morgan fingerprint density at radius 2 is 1.82 bits per heavy atom. The van der Waals surface area contributed by atoms with Gasteiger partial charge in [-0.25, -0.2) is 17.7 Å². The van der Waals surface area contributed by atoms with Crippen LogP contribution in [-0.2, 0) is 27.8 Å². The van der Waals surface area contributed by atoms with Gasteiger partial charge in [0.05, 0.1) is 15.9 Å². The number of rotatable bonds is 10. The standard InChI is InChI=1S/C25H34N4O3S/c1-6-7-16-29-23-13-12-21(33(31,32)28(4)5)17-22(23)27-24(29)14-15-25(30)26-20-10-8-19(9-11-20)18(2)3/h8-13,17-18H,6-7,14-16H2,1-5H3,(H,26,30). The summed E-state index contributed by atoms with van der Waals surface area (Å²) in [5.74, 6) is 1.17. The molecule has 8 heteroatoms. The summed E-state index contributed by atoms with van der Waals surface area (Å²) in [6.45, 7) is 7.17. The number of nitrogens with zero attached hydrogens (tertiary/aromatic N) is 3. The van der Waals surface area contributed by atoms with Crippen LogP contribution in [0.1, 0.15) is 57.3 Å². The van der Waals surface area contributed by atoms with Crippen molar-refractivity contribution in [2.75, 3.05) is 19.4 Å². The van der Waals surface area contributed by atoms with E-state index in [1.54, 1.807) is 12.1 Å². The predicted molar refractivity (Wildman–Crippen MR) is 133 cm³/mol. The van der Waals surface area contributed by atoms with Crippen LogP contribution in [0.15, 0.2) is 47.4 Å². The molecular weight excluding hydrogens is 436 g/mol. The summed E-state index contributed by atoms with van der Waals surface area (Å²) >= 11 is 0. The van der Waals surface area contributed by atoms with Crippen LogP contribution in [-0.4, -0.2) is 42.3 Å². The predicted octanol–water partition coefficient (Wildman–Crippen LogP) is 4.78. The molecule has 0 fully saturated rings. The number of amides is 1. The number of aromatic nitrogens is 2. The minimum Gasteiger partial charge on any atom is -0.328 e. The van der Waals surface area contributed by atoms with Gasteiger partial charge < -0.3 is 9.88 Å². The highest BCUT2D eigenvalue weighted by Crippen LogP contribution is 2.24. The van der Waals surface area contributed by atoms with Gasteiger partial charge in [-0.2, -0.15) is 0 Å². The van der Waals surface area contributed by atoms with Crippen LogP contribution in [0.2, 0.25) is 0 Å². The molecule has 1 aromatic heterocycles. The number of carbonyl (C=O) groups excluding carboxylic acids is 1. The van der Waals surface area contributed by atoms with Crippen molar-refractivity contribution in [3.8, 4) is 0 Å². The van der Waals surface area contributed by atoms with Gasteiger partial charge in [0, 0.05) is 39.2 Å². The molecule has 1 heterocycles. The Hall–Kier alpha value is -2.71. The third-order valence-corrected chi connectivity index (χ3v) is 7.56. The van der Waals surface area contributed by atoms with Crippen LogP contribution in [0.5, 0.6) is 0 Å². The molecule has 1 N–H and O–H groups in total. The van der Waals surface area contributed by atoms with E-state index >= 15 is 0 Å². The van der Waals surface area contributed by atoms with E-state index in [4.69, 9.17) is 4.98 Å². The molecule has 3 aromatic rings. The Morgan fingerprint density at radius 3 is 2.42 bits per heavy atom. The monoisotopic (exact) mass is 470 g/mol. The molecule has 0 radical (unpaired) electrons. The molecule has 0 aliphatic carbocycles. The number of fused-ring (bicyclic) bond motifs is 1. The van der Waals surface area contributed by atoms with E-state index in [1.807, 2.05) is 30.3 Å². The SMILES string of the molecule is CCCCn1c(CCC(=O)Nc2ccc(C(C)C)cc2)nc2cc(S(=O)(=O)N(C)C)ccc21. The van der Waals surface area contributed by atoms with Gasteiger partial charge in [0.2, 0.25) is 15.9 Å². The van der Waals surface area contributed by atoms with E-state index < -0.39 is 10.0 Å². The number of sulfonamides is 1. The summed E-state index contributed by atoms with van der Waals surface area (Å²) in [6, 6.07) is 13.0. The fourth-order valence-electron chi connectivity index (χ4n) is 3.69. The maximum atomic E-state index is 12.6. The molecule has 0 saturated carbocycles. The highest BCUT2D eigenvalue weighted by molar-refractivity contribution is 7.89. The molecule has 0 aliphatic heterocycles. The highest BCUT2D eigenvalue weighted by Gasteiger charge is 2.20. The second kappa shape index (κ2) is 10.5. The number of benzene rings is 2. The van der Waals surface area contributed by atoms with Crippen molar-refractivity contribution >= 4 is 32.7 Å². The fraction of sp³-hybridized carbons (Fsp3) is 0.440. The zero-order valence-electron chi connectivity index (χ0n) is 20.1. The number of carbonyl (C=O) groups is 1. The van der Waals surface area contributed by atoms with Crippen LogP contribution < -0.4 is 5.32 Å². The number of hydrogen-bond donors (Lipinski definition) is 1. The van der Waals surface area contributed by atoms with Crippen molar-refractivity contribution in [1.82, 2.24) is 13.9 Å². The molecule has 0 spiro atoms. The van der Waals surface area contributed by atoms with E-state index in [2.05, 4.69) is 30.7 Å². The van der Waals surface area contributed by atoms with Crippen molar-refractivity contribution in [1.29, 1.82) is 0 Å². The summed E-state index contributed by atoms with van der Waals surface area (Å²) in [4.78, 5) is 17.5. The molecule has 2 aromatic carbocycles. The van der Waals surface area contributed by atoms with Gasteiger partial charge in [-0.3, -0.25) is 4.79 Å². The first-order valence-corrected chi connectivity index (χ1v) is 12.9. The largest absolute Gasteiger partial charge is 0.328 e. The van der Waals surface area contributed by atoms with Crippen molar-refractivity contribution in [3.63, 3.8) is 0 Å². The summed E-state index contributed by atoms with van der Waals surface area (Å²) in [5, 5.41) is 2.96. The smallest absolute Gasteiger partial charge is 0.242 e. The molecule has 0 saturated heterocycles. The topological polar surface area (TPSA) is 84.3 Å². The molecule has 0 atom stereocenters. The third kappa shape index (κ3) is 5.81. The van der Waals surface area contributed by atoms with Crippen LogP contribution >= 0.6 is 0 Å². The lowest BCUT2D eigenvalue weighted by molar-refractivity contribution is -0.116. The first-order valence-electron chi connectivity index (χ1n) is 11.4. The number of unbranched alkanes of at least 4 members (excludes halogenated alkanes) is 1. The number of aryl methyl sites for hydroxylation is 2. The lowest BCUT2D eigenvalue weighted by atomic mass is 10.0. The first kappa shape index (κ1) is 24.9. The zero-order valence-corrected chi connectivity index (χ0v) is 20.9. The minimum atomic E-state index is -3.54. The molecule has 33 heavy (non-hydrogen) atoms. The molecule has 0 bridgehead atoms. The summed E-state index contributed by atoms with van der Waals surface area (Å²) in [6.07, 6.45) is 2.78. The zero-order chi connectivity index (χ0) is 24.2. The van der Waals surface area contributed by atoms with Crippen LogP contribution in [0, 0.1) is 0 Å². The fourth-order valence-corrected chi connectivity index (χ4v) is 4.61. The Labute approximate surface area is 196 Å². The van der Waals surface area contributed by atoms with Crippen LogP contribution in [0.4, 0.5) is 5.69 Å². The molecule has 0 aliphatic rings. The van der Waals surface area contributed by atoms with E-state index in [-0.39, 0.29) is 10.8 Å². The normalized spacial score (nSPS) is 12.1. The van der Waals surface area contributed by atoms with E-state index in [1.165, 1.54) is 24.0 Å². The Bertz CT molecular complexity index is 1210. The average Bonchev–Trinajstić information content (AvgIpc) is 3.13. The average molecular weight is 471 g/mol. The Kier molecular flexibility index (Phi) is 7.92. The quantitative estimate of drug-likeness (QED) is 0.462. The van der Waals surface area contributed by atoms with Gasteiger partial charge in [0.15, 0.2) is 0 Å². The lowest BCUT2D eigenvalue weighted by Gasteiger charge is -2.12. The maximum absolute atomic E-state index is 12.6. The van der Waals surface area contributed by atoms with Gasteiger partial charge in [0.25, 0.3) is 0 Å².